The van der Waals surface area contributed by atoms with E-state index in [0.717, 1.165) is 18.7 Å². The zero-order valence-electron chi connectivity index (χ0n) is 11.6. The lowest BCUT2D eigenvalue weighted by atomic mass is 9.95. The van der Waals surface area contributed by atoms with E-state index in [9.17, 15) is 15.0 Å². The summed E-state index contributed by atoms with van der Waals surface area (Å²) in [6, 6.07) is 1.77. The number of aliphatic hydroxyl groups excluding tert-OH is 1. The summed E-state index contributed by atoms with van der Waals surface area (Å²) in [7, 11) is 0. The highest BCUT2D eigenvalue weighted by Crippen LogP contribution is 2.27. The third-order valence-electron chi connectivity index (χ3n) is 3.76. The highest BCUT2D eigenvalue weighted by Gasteiger charge is 2.28. The van der Waals surface area contributed by atoms with Crippen LogP contribution in [-0.2, 0) is 0 Å². The molecule has 2 rings (SSSR count). The van der Waals surface area contributed by atoms with E-state index in [1.807, 2.05) is 18.7 Å². The number of aliphatic hydroxyl groups is 1. The van der Waals surface area contributed by atoms with Crippen molar-refractivity contribution in [3.63, 3.8) is 0 Å². The fraction of sp³-hybridized carbons (Fsp3) is 0.571. The van der Waals surface area contributed by atoms with E-state index >= 15 is 0 Å². The molecule has 0 amide bonds. The fourth-order valence-electron chi connectivity index (χ4n) is 2.55. The van der Waals surface area contributed by atoms with Gasteiger partial charge in [-0.2, -0.15) is 0 Å². The molecule has 1 aromatic heterocycles. The number of aromatic nitrogens is 1. The molecule has 1 aliphatic heterocycles. The SMILES string of the molecule is Cc1cc(C)c(C(=O)O)c(N2CCC(C)C(O)C2)n1. The normalized spacial score (nSPS) is 23.5. The predicted molar refractivity (Wildman–Crippen MR) is 72.7 cm³/mol. The molecule has 2 atom stereocenters. The third-order valence-corrected chi connectivity index (χ3v) is 3.76. The minimum Gasteiger partial charge on any atom is -0.478 e. The van der Waals surface area contributed by atoms with E-state index in [-0.39, 0.29) is 11.5 Å². The van der Waals surface area contributed by atoms with Gasteiger partial charge in [-0.15, -0.1) is 0 Å². The summed E-state index contributed by atoms with van der Waals surface area (Å²) in [5, 5.41) is 19.3. The maximum absolute atomic E-state index is 11.4. The number of carboxylic acid groups (broad SMARTS) is 1. The molecule has 0 aromatic carbocycles. The molecule has 0 spiro atoms. The van der Waals surface area contributed by atoms with E-state index in [2.05, 4.69) is 4.98 Å². The number of pyridine rings is 1. The van der Waals surface area contributed by atoms with Gasteiger partial charge in [0.2, 0.25) is 0 Å². The number of β-amino-alcohol motifs (C(OH)–C–C–N with tert-alkyl or cyclic N) is 1. The Kier molecular flexibility index (Phi) is 3.75. The molecule has 0 radical (unpaired) electrons. The zero-order chi connectivity index (χ0) is 14.2. The summed E-state index contributed by atoms with van der Waals surface area (Å²) in [4.78, 5) is 17.7. The molecule has 2 heterocycles. The Morgan fingerprint density at radius 1 is 1.47 bits per heavy atom. The molecule has 1 saturated heterocycles. The number of carbonyl (C=O) groups is 1. The summed E-state index contributed by atoms with van der Waals surface area (Å²) in [6.07, 6.45) is 0.410. The Hall–Kier alpha value is -1.62. The molecule has 2 unspecified atom stereocenters. The van der Waals surface area contributed by atoms with Crippen molar-refractivity contribution in [2.45, 2.75) is 33.3 Å². The number of carboxylic acids is 1. The summed E-state index contributed by atoms with van der Waals surface area (Å²) in [5.74, 6) is -0.237. The van der Waals surface area contributed by atoms with Crippen molar-refractivity contribution >= 4 is 11.8 Å². The monoisotopic (exact) mass is 264 g/mol. The molecule has 5 nitrogen and oxygen atoms in total. The number of aromatic carboxylic acids is 1. The number of aryl methyl sites for hydroxylation is 2. The molecule has 1 aliphatic rings. The van der Waals surface area contributed by atoms with Crippen LogP contribution in [0.1, 0.15) is 35.0 Å². The van der Waals surface area contributed by atoms with Crippen molar-refractivity contribution in [2.24, 2.45) is 5.92 Å². The second-order valence-corrected chi connectivity index (χ2v) is 5.36. The number of rotatable bonds is 2. The Morgan fingerprint density at radius 3 is 2.74 bits per heavy atom. The van der Waals surface area contributed by atoms with Crippen molar-refractivity contribution in [1.29, 1.82) is 0 Å². The van der Waals surface area contributed by atoms with Crippen LogP contribution in [-0.4, -0.2) is 40.4 Å². The first-order valence-electron chi connectivity index (χ1n) is 6.54. The molecule has 0 saturated carbocycles. The quantitative estimate of drug-likeness (QED) is 0.848. The Labute approximate surface area is 112 Å². The van der Waals surface area contributed by atoms with E-state index in [1.54, 1.807) is 13.0 Å². The van der Waals surface area contributed by atoms with Gasteiger partial charge in [0.05, 0.1) is 6.10 Å². The van der Waals surface area contributed by atoms with Gasteiger partial charge in [0.1, 0.15) is 11.4 Å². The van der Waals surface area contributed by atoms with Crippen LogP contribution in [0.5, 0.6) is 0 Å². The van der Waals surface area contributed by atoms with Crippen LogP contribution < -0.4 is 4.90 Å². The average Bonchev–Trinajstić information content (AvgIpc) is 2.31. The Morgan fingerprint density at radius 2 is 2.16 bits per heavy atom. The van der Waals surface area contributed by atoms with Gasteiger partial charge in [0.25, 0.3) is 0 Å². The van der Waals surface area contributed by atoms with Gasteiger partial charge in [-0.3, -0.25) is 0 Å². The molecule has 104 valence electrons. The van der Waals surface area contributed by atoms with Crippen LogP contribution in [0.2, 0.25) is 0 Å². The molecule has 5 heteroatoms. The van der Waals surface area contributed by atoms with Gasteiger partial charge in [-0.25, -0.2) is 9.78 Å². The average molecular weight is 264 g/mol. The van der Waals surface area contributed by atoms with Gasteiger partial charge in [-0.05, 0) is 37.8 Å². The second-order valence-electron chi connectivity index (χ2n) is 5.36. The molecular weight excluding hydrogens is 244 g/mol. The van der Waals surface area contributed by atoms with Crippen molar-refractivity contribution < 1.29 is 15.0 Å². The van der Waals surface area contributed by atoms with Crippen LogP contribution in [0.4, 0.5) is 5.82 Å². The van der Waals surface area contributed by atoms with Crippen molar-refractivity contribution in [1.82, 2.24) is 4.98 Å². The van der Waals surface area contributed by atoms with Gasteiger partial charge in [0.15, 0.2) is 0 Å². The summed E-state index contributed by atoms with van der Waals surface area (Å²) in [5.41, 5.74) is 1.75. The fourth-order valence-corrected chi connectivity index (χ4v) is 2.55. The van der Waals surface area contributed by atoms with Gasteiger partial charge >= 0.3 is 5.97 Å². The Bertz CT molecular complexity index is 502. The van der Waals surface area contributed by atoms with Gasteiger partial charge in [-0.1, -0.05) is 6.92 Å². The van der Waals surface area contributed by atoms with Crippen LogP contribution in [0.3, 0.4) is 0 Å². The molecule has 0 bridgehead atoms. The molecule has 19 heavy (non-hydrogen) atoms. The van der Waals surface area contributed by atoms with E-state index in [4.69, 9.17) is 0 Å². The summed E-state index contributed by atoms with van der Waals surface area (Å²) < 4.78 is 0. The zero-order valence-corrected chi connectivity index (χ0v) is 11.6. The summed E-state index contributed by atoms with van der Waals surface area (Å²) >= 11 is 0. The first-order chi connectivity index (χ1) is 8.90. The van der Waals surface area contributed by atoms with E-state index in [0.29, 0.717) is 17.9 Å². The third kappa shape index (κ3) is 2.71. The lowest BCUT2D eigenvalue weighted by Gasteiger charge is -2.36. The van der Waals surface area contributed by atoms with Crippen molar-refractivity contribution in [3.8, 4) is 0 Å². The maximum Gasteiger partial charge on any atom is 0.339 e. The molecule has 1 aromatic rings. The largest absolute Gasteiger partial charge is 0.478 e. The lowest BCUT2D eigenvalue weighted by molar-refractivity contribution is 0.0694. The number of hydrogen-bond acceptors (Lipinski definition) is 4. The minimum absolute atomic E-state index is 0.243. The van der Waals surface area contributed by atoms with Crippen LogP contribution in [0.15, 0.2) is 6.07 Å². The predicted octanol–water partition coefficient (Wildman–Crippen LogP) is 1.60. The highest BCUT2D eigenvalue weighted by atomic mass is 16.4. The van der Waals surface area contributed by atoms with Gasteiger partial charge in [0, 0.05) is 18.8 Å². The van der Waals surface area contributed by atoms with Crippen LogP contribution >= 0.6 is 0 Å². The minimum atomic E-state index is -0.965. The van der Waals surface area contributed by atoms with Crippen LogP contribution in [0.25, 0.3) is 0 Å². The smallest absolute Gasteiger partial charge is 0.339 e. The topological polar surface area (TPSA) is 73.7 Å². The van der Waals surface area contributed by atoms with E-state index in [1.165, 1.54) is 0 Å². The second kappa shape index (κ2) is 5.17. The summed E-state index contributed by atoms with van der Waals surface area (Å²) in [6.45, 7) is 6.82. The molecule has 0 aliphatic carbocycles. The number of nitrogens with zero attached hydrogens (tertiary/aromatic N) is 2. The van der Waals surface area contributed by atoms with E-state index < -0.39 is 12.1 Å². The first kappa shape index (κ1) is 13.8. The highest BCUT2D eigenvalue weighted by molar-refractivity contribution is 5.95. The Balaban J connectivity index is 2.41. The van der Waals surface area contributed by atoms with Crippen molar-refractivity contribution in [3.05, 3.63) is 22.9 Å². The number of piperidine rings is 1. The maximum atomic E-state index is 11.4. The van der Waals surface area contributed by atoms with Crippen molar-refractivity contribution in [2.75, 3.05) is 18.0 Å². The lowest BCUT2D eigenvalue weighted by Crippen LogP contribution is -2.44. The number of hydrogen-bond donors (Lipinski definition) is 2. The molecule has 1 fully saturated rings. The molecular formula is C14H20N2O3. The molecule has 2 N–H and O–H groups in total. The number of anilines is 1. The standard InChI is InChI=1S/C14H20N2O3/c1-8-4-5-16(7-11(8)17)13-12(14(18)19)9(2)6-10(3)15-13/h6,8,11,17H,4-5,7H2,1-3H3,(H,18,19). The first-order valence-corrected chi connectivity index (χ1v) is 6.54. The van der Waals surface area contributed by atoms with Gasteiger partial charge < -0.3 is 15.1 Å². The van der Waals surface area contributed by atoms with Crippen LogP contribution in [0, 0.1) is 19.8 Å².